The first-order valence-electron chi connectivity index (χ1n) is 6.78. The van der Waals surface area contributed by atoms with Crippen LogP contribution in [0, 0.1) is 35.3 Å². The maximum absolute atomic E-state index is 14.3. The molecule has 0 spiro atoms. The first-order chi connectivity index (χ1) is 8.66. The van der Waals surface area contributed by atoms with Crippen LogP contribution in [-0.4, -0.2) is 7.05 Å². The summed E-state index contributed by atoms with van der Waals surface area (Å²) < 4.78 is 28.4. The zero-order valence-corrected chi connectivity index (χ0v) is 12.6. The third-order valence-corrected chi connectivity index (χ3v) is 5.41. The summed E-state index contributed by atoms with van der Waals surface area (Å²) in [5.41, 5.74) is 0.825. The van der Waals surface area contributed by atoms with Gasteiger partial charge in [0.2, 0.25) is 0 Å². The Morgan fingerprint density at radius 1 is 1.11 bits per heavy atom. The van der Waals surface area contributed by atoms with Crippen molar-refractivity contribution < 1.29 is 8.78 Å². The van der Waals surface area contributed by atoms with E-state index in [1.165, 1.54) is 12.1 Å². The van der Waals surface area contributed by atoms with Crippen LogP contribution in [0.15, 0.2) is 12.1 Å². The summed E-state index contributed by atoms with van der Waals surface area (Å²) >= 11 is 0. The predicted octanol–water partition coefficient (Wildman–Crippen LogP) is 4.22. The summed E-state index contributed by atoms with van der Waals surface area (Å²) in [7, 11) is 1.77. The lowest BCUT2D eigenvalue weighted by Gasteiger charge is -2.21. The van der Waals surface area contributed by atoms with Gasteiger partial charge in [-0.05, 0) is 42.3 Å². The lowest BCUT2D eigenvalue weighted by Crippen LogP contribution is -2.24. The Bertz CT molecular complexity index is 492. The molecule has 0 aliphatic heterocycles. The lowest BCUT2D eigenvalue weighted by atomic mass is 9.94. The van der Waals surface area contributed by atoms with Gasteiger partial charge in [0.1, 0.15) is 11.6 Å². The highest BCUT2D eigenvalue weighted by molar-refractivity contribution is 5.33. The van der Waals surface area contributed by atoms with Gasteiger partial charge >= 0.3 is 0 Å². The van der Waals surface area contributed by atoms with Crippen LogP contribution < -0.4 is 5.32 Å². The summed E-state index contributed by atoms with van der Waals surface area (Å²) in [4.78, 5) is 0. The SMILES string of the molecule is CNC(c1c(F)ccc(C)c1F)C1C(C)(C)C1(C)C. The number of hydrogen-bond acceptors (Lipinski definition) is 1. The van der Waals surface area contributed by atoms with Gasteiger partial charge in [0.15, 0.2) is 0 Å². The van der Waals surface area contributed by atoms with Gasteiger partial charge in [0.05, 0.1) is 0 Å². The Kier molecular flexibility index (Phi) is 3.25. The highest BCUT2D eigenvalue weighted by atomic mass is 19.1. The molecule has 0 saturated heterocycles. The molecular weight excluding hydrogens is 244 g/mol. The molecule has 3 heteroatoms. The molecule has 1 aromatic carbocycles. The molecule has 1 aliphatic carbocycles. The fraction of sp³-hybridized carbons (Fsp3) is 0.625. The van der Waals surface area contributed by atoms with Crippen LogP contribution >= 0.6 is 0 Å². The first-order valence-corrected chi connectivity index (χ1v) is 6.78. The summed E-state index contributed by atoms with van der Waals surface area (Å²) in [6, 6.07) is 2.56. The number of rotatable bonds is 3. The molecule has 0 bridgehead atoms. The molecule has 19 heavy (non-hydrogen) atoms. The van der Waals surface area contributed by atoms with Crippen molar-refractivity contribution in [2.24, 2.45) is 16.7 Å². The second-order valence-corrected chi connectivity index (χ2v) is 6.78. The number of halogens is 2. The van der Waals surface area contributed by atoms with Gasteiger partial charge in [-0.15, -0.1) is 0 Å². The fourth-order valence-corrected chi connectivity index (χ4v) is 3.52. The molecule has 0 amide bonds. The van der Waals surface area contributed by atoms with Gasteiger partial charge in [0, 0.05) is 11.6 Å². The normalized spacial score (nSPS) is 22.3. The van der Waals surface area contributed by atoms with Crippen molar-refractivity contribution in [3.63, 3.8) is 0 Å². The maximum Gasteiger partial charge on any atom is 0.133 e. The van der Waals surface area contributed by atoms with Crippen LogP contribution in [0.1, 0.15) is 44.9 Å². The third-order valence-electron chi connectivity index (χ3n) is 5.41. The van der Waals surface area contributed by atoms with E-state index in [1.807, 2.05) is 0 Å². The van der Waals surface area contributed by atoms with Crippen molar-refractivity contribution in [3.8, 4) is 0 Å². The highest BCUT2D eigenvalue weighted by Crippen LogP contribution is 2.72. The van der Waals surface area contributed by atoms with Crippen molar-refractivity contribution in [2.45, 2.75) is 40.7 Å². The van der Waals surface area contributed by atoms with Gasteiger partial charge in [0.25, 0.3) is 0 Å². The molecule has 0 radical (unpaired) electrons. The molecule has 2 rings (SSSR count). The number of benzene rings is 1. The maximum atomic E-state index is 14.3. The highest BCUT2D eigenvalue weighted by Gasteiger charge is 2.67. The Labute approximate surface area is 114 Å². The lowest BCUT2D eigenvalue weighted by molar-refractivity contribution is 0.401. The third kappa shape index (κ3) is 1.90. The van der Waals surface area contributed by atoms with Crippen molar-refractivity contribution in [1.82, 2.24) is 5.32 Å². The number of nitrogens with one attached hydrogen (secondary N) is 1. The van der Waals surface area contributed by atoms with E-state index in [9.17, 15) is 8.78 Å². The molecular formula is C16H23F2N. The second kappa shape index (κ2) is 4.27. The quantitative estimate of drug-likeness (QED) is 0.864. The van der Waals surface area contributed by atoms with E-state index in [2.05, 4.69) is 33.0 Å². The fourth-order valence-electron chi connectivity index (χ4n) is 3.52. The molecule has 1 nitrogen and oxygen atoms in total. The Morgan fingerprint density at radius 3 is 2.05 bits per heavy atom. The van der Waals surface area contributed by atoms with Crippen LogP contribution in [0.4, 0.5) is 8.78 Å². The van der Waals surface area contributed by atoms with Crippen molar-refractivity contribution in [2.75, 3.05) is 7.05 Å². The van der Waals surface area contributed by atoms with Crippen LogP contribution in [0.3, 0.4) is 0 Å². The molecule has 1 N–H and O–H groups in total. The summed E-state index contributed by atoms with van der Waals surface area (Å²) in [6.45, 7) is 10.3. The van der Waals surface area contributed by atoms with Crippen LogP contribution in [-0.2, 0) is 0 Å². The summed E-state index contributed by atoms with van der Waals surface area (Å²) in [5, 5.41) is 3.12. The average Bonchev–Trinajstić information content (AvgIpc) is 2.71. The van der Waals surface area contributed by atoms with Gasteiger partial charge < -0.3 is 5.32 Å². The van der Waals surface area contributed by atoms with E-state index < -0.39 is 11.6 Å². The molecule has 1 aromatic rings. The molecule has 1 unspecified atom stereocenters. The molecule has 106 valence electrons. The summed E-state index contributed by atoms with van der Waals surface area (Å²) in [5.74, 6) is -0.658. The topological polar surface area (TPSA) is 12.0 Å². The minimum absolute atomic E-state index is 0.0727. The molecule has 1 saturated carbocycles. The predicted molar refractivity (Wildman–Crippen MR) is 73.9 cm³/mol. The van der Waals surface area contributed by atoms with Gasteiger partial charge in [-0.1, -0.05) is 33.8 Å². The van der Waals surface area contributed by atoms with E-state index in [4.69, 9.17) is 0 Å². The van der Waals surface area contributed by atoms with E-state index in [-0.39, 0.29) is 28.4 Å². The Morgan fingerprint density at radius 2 is 1.63 bits per heavy atom. The summed E-state index contributed by atoms with van der Waals surface area (Å²) in [6.07, 6.45) is 0. The zero-order chi connectivity index (χ0) is 14.6. The van der Waals surface area contributed by atoms with Gasteiger partial charge in [-0.2, -0.15) is 0 Å². The Hall–Kier alpha value is -0.960. The zero-order valence-electron chi connectivity index (χ0n) is 12.6. The minimum atomic E-state index is -0.457. The van der Waals surface area contributed by atoms with Crippen molar-refractivity contribution >= 4 is 0 Å². The van der Waals surface area contributed by atoms with Crippen molar-refractivity contribution in [3.05, 3.63) is 34.9 Å². The molecule has 1 fully saturated rings. The number of hydrogen-bond donors (Lipinski definition) is 1. The van der Waals surface area contributed by atoms with E-state index in [0.29, 0.717) is 5.56 Å². The van der Waals surface area contributed by atoms with Crippen LogP contribution in [0.5, 0.6) is 0 Å². The van der Waals surface area contributed by atoms with Crippen LogP contribution in [0.2, 0.25) is 0 Å². The standard InChI is InChI=1S/C16H23F2N/c1-9-7-8-10(17)11(12(9)18)13(19-6)14-15(2,3)16(14,4)5/h7-8,13-14,19H,1-6H3. The van der Waals surface area contributed by atoms with E-state index >= 15 is 0 Å². The second-order valence-electron chi connectivity index (χ2n) is 6.78. The number of aryl methyl sites for hydroxylation is 1. The molecule has 1 atom stereocenters. The van der Waals surface area contributed by atoms with Crippen LogP contribution in [0.25, 0.3) is 0 Å². The monoisotopic (exact) mass is 267 g/mol. The Balaban J connectivity index is 2.49. The van der Waals surface area contributed by atoms with E-state index in [0.717, 1.165) is 0 Å². The van der Waals surface area contributed by atoms with Gasteiger partial charge in [-0.25, -0.2) is 8.78 Å². The molecule has 0 aromatic heterocycles. The smallest absolute Gasteiger partial charge is 0.133 e. The molecule has 1 aliphatic rings. The largest absolute Gasteiger partial charge is 0.313 e. The first kappa shape index (κ1) is 14.4. The van der Waals surface area contributed by atoms with Crippen molar-refractivity contribution in [1.29, 1.82) is 0 Å². The molecule has 0 heterocycles. The van der Waals surface area contributed by atoms with Gasteiger partial charge in [-0.3, -0.25) is 0 Å². The van der Waals surface area contributed by atoms with E-state index in [1.54, 1.807) is 14.0 Å². The minimum Gasteiger partial charge on any atom is -0.313 e. The average molecular weight is 267 g/mol.